The Labute approximate surface area is 136 Å². The minimum absolute atomic E-state index is 0.0219. The van der Waals surface area contributed by atoms with E-state index in [1.54, 1.807) is 31.2 Å². The summed E-state index contributed by atoms with van der Waals surface area (Å²) < 4.78 is 10.2. The molecule has 126 valence electrons. The van der Waals surface area contributed by atoms with E-state index in [1.807, 2.05) is 4.90 Å². The first-order chi connectivity index (χ1) is 11.0. The van der Waals surface area contributed by atoms with E-state index < -0.39 is 12.2 Å². The van der Waals surface area contributed by atoms with Crippen molar-refractivity contribution in [3.63, 3.8) is 0 Å². The van der Waals surface area contributed by atoms with E-state index in [0.29, 0.717) is 17.4 Å². The van der Waals surface area contributed by atoms with E-state index >= 15 is 0 Å². The van der Waals surface area contributed by atoms with Gasteiger partial charge in [-0.15, -0.1) is 0 Å². The van der Waals surface area contributed by atoms with Crippen LogP contribution in [0.1, 0.15) is 26.7 Å². The van der Waals surface area contributed by atoms with Crippen LogP contribution in [-0.4, -0.2) is 43.2 Å². The summed E-state index contributed by atoms with van der Waals surface area (Å²) in [5.41, 5.74) is 0.605. The first kappa shape index (κ1) is 17.1. The van der Waals surface area contributed by atoms with Gasteiger partial charge in [-0.25, -0.2) is 4.79 Å². The summed E-state index contributed by atoms with van der Waals surface area (Å²) in [6.07, 6.45) is 1.04. The Morgan fingerprint density at radius 2 is 1.83 bits per heavy atom. The van der Waals surface area contributed by atoms with Gasteiger partial charge >= 0.3 is 6.09 Å². The van der Waals surface area contributed by atoms with E-state index in [-0.39, 0.29) is 5.91 Å². The van der Waals surface area contributed by atoms with Crippen LogP contribution in [0.15, 0.2) is 24.3 Å². The lowest BCUT2D eigenvalue weighted by molar-refractivity contribution is -0.139. The summed E-state index contributed by atoms with van der Waals surface area (Å²) in [5, 5.41) is 2.56. The number of carbonyl (C=O) groups is 2. The van der Waals surface area contributed by atoms with Crippen LogP contribution in [0, 0.1) is 5.92 Å². The van der Waals surface area contributed by atoms with Crippen molar-refractivity contribution in [1.82, 2.24) is 4.90 Å². The highest BCUT2D eigenvalue weighted by atomic mass is 16.5. The average Bonchev–Trinajstić information content (AvgIpc) is 2.56. The molecule has 0 radical (unpaired) electrons. The maximum atomic E-state index is 12.4. The number of benzene rings is 1. The third-order valence-electron chi connectivity index (χ3n) is 4.04. The molecule has 1 fully saturated rings. The minimum atomic E-state index is -0.526. The standard InChI is InChI=1S/C17H24N2O4/c1-12-8-10-19(11-9-12)16(20)13(2)23-15-6-4-14(5-7-15)18-17(21)22-3/h4-7,12-13H,8-11H2,1-3H3,(H,18,21). The maximum absolute atomic E-state index is 12.4. The maximum Gasteiger partial charge on any atom is 0.411 e. The molecule has 1 heterocycles. The number of hydrogen-bond acceptors (Lipinski definition) is 4. The van der Waals surface area contributed by atoms with Crippen molar-refractivity contribution in [2.45, 2.75) is 32.8 Å². The molecule has 0 aromatic heterocycles. The minimum Gasteiger partial charge on any atom is -0.481 e. The molecule has 1 aliphatic heterocycles. The number of hydrogen-bond donors (Lipinski definition) is 1. The number of likely N-dealkylation sites (tertiary alicyclic amines) is 1. The highest BCUT2D eigenvalue weighted by Crippen LogP contribution is 2.20. The monoisotopic (exact) mass is 320 g/mol. The third-order valence-corrected chi connectivity index (χ3v) is 4.04. The molecule has 6 nitrogen and oxygen atoms in total. The zero-order chi connectivity index (χ0) is 16.8. The van der Waals surface area contributed by atoms with E-state index in [0.717, 1.165) is 25.9 Å². The fraction of sp³-hybridized carbons (Fsp3) is 0.529. The second-order valence-corrected chi connectivity index (χ2v) is 5.91. The molecule has 2 amide bonds. The highest BCUT2D eigenvalue weighted by Gasteiger charge is 2.25. The Hall–Kier alpha value is -2.24. The first-order valence-corrected chi connectivity index (χ1v) is 7.90. The molecular weight excluding hydrogens is 296 g/mol. The Bertz CT molecular complexity index is 536. The number of anilines is 1. The molecule has 1 N–H and O–H groups in total. The van der Waals surface area contributed by atoms with Crippen molar-refractivity contribution >= 4 is 17.7 Å². The van der Waals surface area contributed by atoms with Gasteiger partial charge in [-0.3, -0.25) is 10.1 Å². The van der Waals surface area contributed by atoms with E-state index in [4.69, 9.17) is 4.74 Å². The Balaban J connectivity index is 1.88. The van der Waals surface area contributed by atoms with Gasteiger partial charge in [-0.2, -0.15) is 0 Å². The van der Waals surface area contributed by atoms with Crippen LogP contribution < -0.4 is 10.1 Å². The van der Waals surface area contributed by atoms with E-state index in [2.05, 4.69) is 17.0 Å². The van der Waals surface area contributed by atoms with E-state index in [9.17, 15) is 9.59 Å². The van der Waals surface area contributed by atoms with Crippen LogP contribution >= 0.6 is 0 Å². The van der Waals surface area contributed by atoms with Gasteiger partial charge in [-0.1, -0.05) is 6.92 Å². The summed E-state index contributed by atoms with van der Waals surface area (Å²) in [6.45, 7) is 5.58. The van der Waals surface area contributed by atoms with Crippen molar-refractivity contribution in [1.29, 1.82) is 0 Å². The van der Waals surface area contributed by atoms with Crippen molar-refractivity contribution in [2.75, 3.05) is 25.5 Å². The largest absolute Gasteiger partial charge is 0.481 e. The van der Waals surface area contributed by atoms with Crippen LogP contribution in [0.2, 0.25) is 0 Å². The normalized spacial score (nSPS) is 16.6. The second-order valence-electron chi connectivity index (χ2n) is 5.91. The number of methoxy groups -OCH3 is 1. The van der Waals surface area contributed by atoms with Crippen molar-refractivity contribution in [3.05, 3.63) is 24.3 Å². The van der Waals surface area contributed by atoms with Crippen LogP contribution in [0.3, 0.4) is 0 Å². The van der Waals surface area contributed by atoms with Crippen LogP contribution in [-0.2, 0) is 9.53 Å². The van der Waals surface area contributed by atoms with Gasteiger partial charge in [0.15, 0.2) is 6.10 Å². The average molecular weight is 320 g/mol. The summed E-state index contributed by atoms with van der Waals surface area (Å²) in [5.74, 6) is 1.30. The molecular formula is C17H24N2O4. The molecule has 1 atom stereocenters. The van der Waals surface area contributed by atoms with Gasteiger partial charge < -0.3 is 14.4 Å². The number of rotatable bonds is 4. The van der Waals surface area contributed by atoms with Crippen LogP contribution in [0.25, 0.3) is 0 Å². The highest BCUT2D eigenvalue weighted by molar-refractivity contribution is 5.84. The molecule has 0 spiro atoms. The molecule has 0 saturated carbocycles. The lowest BCUT2D eigenvalue weighted by Gasteiger charge is -2.32. The Kier molecular flexibility index (Phi) is 5.84. The molecule has 2 rings (SSSR count). The number of ether oxygens (including phenoxy) is 2. The smallest absolute Gasteiger partial charge is 0.411 e. The zero-order valence-corrected chi connectivity index (χ0v) is 13.9. The molecule has 1 aromatic rings. The molecule has 1 aromatic carbocycles. The lowest BCUT2D eigenvalue weighted by Crippen LogP contribution is -2.44. The topological polar surface area (TPSA) is 67.9 Å². The van der Waals surface area contributed by atoms with Crippen molar-refractivity contribution in [3.8, 4) is 5.75 Å². The summed E-state index contributed by atoms with van der Waals surface area (Å²) in [7, 11) is 1.31. The second kappa shape index (κ2) is 7.85. The molecule has 23 heavy (non-hydrogen) atoms. The molecule has 0 bridgehead atoms. The number of piperidine rings is 1. The molecule has 0 aliphatic carbocycles. The number of carbonyl (C=O) groups excluding carboxylic acids is 2. The number of nitrogens with one attached hydrogen (secondary N) is 1. The molecule has 1 saturated heterocycles. The van der Waals surface area contributed by atoms with Gasteiger partial charge in [0, 0.05) is 18.8 Å². The predicted octanol–water partition coefficient (Wildman–Crippen LogP) is 2.89. The quantitative estimate of drug-likeness (QED) is 0.926. The van der Waals surface area contributed by atoms with Gasteiger partial charge in [0.25, 0.3) is 5.91 Å². The van der Waals surface area contributed by atoms with Crippen LogP contribution in [0.4, 0.5) is 10.5 Å². The molecule has 1 aliphatic rings. The fourth-order valence-electron chi connectivity index (χ4n) is 2.53. The molecule has 6 heteroatoms. The van der Waals surface area contributed by atoms with Gasteiger partial charge in [0.05, 0.1) is 7.11 Å². The van der Waals surface area contributed by atoms with Gasteiger partial charge in [-0.05, 0) is 49.9 Å². The van der Waals surface area contributed by atoms with Gasteiger partial charge in [0.2, 0.25) is 0 Å². The Morgan fingerprint density at radius 1 is 1.22 bits per heavy atom. The summed E-state index contributed by atoms with van der Waals surface area (Å²) in [4.78, 5) is 25.4. The third kappa shape index (κ3) is 4.87. The number of amides is 2. The Morgan fingerprint density at radius 3 is 2.39 bits per heavy atom. The fourth-order valence-corrected chi connectivity index (χ4v) is 2.53. The summed E-state index contributed by atoms with van der Waals surface area (Å²) >= 11 is 0. The zero-order valence-electron chi connectivity index (χ0n) is 13.9. The van der Waals surface area contributed by atoms with Crippen molar-refractivity contribution in [2.24, 2.45) is 5.92 Å². The van der Waals surface area contributed by atoms with E-state index in [1.165, 1.54) is 7.11 Å². The number of nitrogens with zero attached hydrogens (tertiary/aromatic N) is 1. The SMILES string of the molecule is COC(=O)Nc1ccc(OC(C)C(=O)N2CCC(C)CC2)cc1. The van der Waals surface area contributed by atoms with Gasteiger partial charge in [0.1, 0.15) is 5.75 Å². The summed E-state index contributed by atoms with van der Waals surface area (Å²) in [6, 6.07) is 6.83. The molecule has 1 unspecified atom stereocenters. The van der Waals surface area contributed by atoms with Crippen LogP contribution in [0.5, 0.6) is 5.75 Å². The van der Waals surface area contributed by atoms with Crippen molar-refractivity contribution < 1.29 is 19.1 Å². The first-order valence-electron chi connectivity index (χ1n) is 7.90. The predicted molar refractivity (Wildman–Crippen MR) is 87.5 cm³/mol. The lowest BCUT2D eigenvalue weighted by atomic mass is 9.99.